The van der Waals surface area contributed by atoms with Gasteiger partial charge in [0.05, 0.1) is 7.11 Å². The van der Waals surface area contributed by atoms with Gasteiger partial charge in [-0.3, -0.25) is 4.79 Å². The van der Waals surface area contributed by atoms with Crippen LogP contribution < -0.4 is 15.2 Å². The summed E-state index contributed by atoms with van der Waals surface area (Å²) in [4.78, 5) is 13.5. The second kappa shape index (κ2) is 5.48. The van der Waals surface area contributed by atoms with Gasteiger partial charge < -0.3 is 20.1 Å². The van der Waals surface area contributed by atoms with Crippen LogP contribution in [-0.4, -0.2) is 37.6 Å². The summed E-state index contributed by atoms with van der Waals surface area (Å²) >= 11 is 0. The van der Waals surface area contributed by atoms with Crippen molar-refractivity contribution < 1.29 is 14.3 Å². The van der Waals surface area contributed by atoms with Gasteiger partial charge in [0.2, 0.25) is 0 Å². The van der Waals surface area contributed by atoms with Crippen molar-refractivity contribution in [1.82, 2.24) is 4.90 Å². The molecule has 0 radical (unpaired) electrons. The largest absolute Gasteiger partial charge is 0.493 e. The van der Waals surface area contributed by atoms with E-state index >= 15 is 0 Å². The molecule has 2 atom stereocenters. The van der Waals surface area contributed by atoms with Gasteiger partial charge in [-0.2, -0.15) is 0 Å². The van der Waals surface area contributed by atoms with Gasteiger partial charge in [0, 0.05) is 26.1 Å². The van der Waals surface area contributed by atoms with Gasteiger partial charge in [-0.1, -0.05) is 6.07 Å². The van der Waals surface area contributed by atoms with Gasteiger partial charge in [0.25, 0.3) is 5.91 Å². The van der Waals surface area contributed by atoms with Crippen LogP contribution in [0.5, 0.6) is 11.5 Å². The van der Waals surface area contributed by atoms with Crippen LogP contribution in [0.3, 0.4) is 0 Å². The predicted octanol–water partition coefficient (Wildman–Crippen LogP) is 1.32. The summed E-state index contributed by atoms with van der Waals surface area (Å²) in [6, 6.07) is 5.49. The summed E-state index contributed by atoms with van der Waals surface area (Å²) in [6.07, 6.45) is 0.285. The Morgan fingerprint density at radius 2 is 2.16 bits per heavy atom. The average molecular weight is 264 g/mol. The van der Waals surface area contributed by atoms with Gasteiger partial charge in [-0.15, -0.1) is 0 Å². The molecule has 1 aliphatic rings. The third-order valence-corrected chi connectivity index (χ3v) is 3.36. The van der Waals surface area contributed by atoms with Crippen LogP contribution in [0.2, 0.25) is 0 Å². The maximum Gasteiger partial charge on any atom is 0.263 e. The smallest absolute Gasteiger partial charge is 0.263 e. The van der Waals surface area contributed by atoms with Crippen molar-refractivity contribution in [2.24, 2.45) is 5.73 Å². The highest BCUT2D eigenvalue weighted by Crippen LogP contribution is 2.31. The summed E-state index contributed by atoms with van der Waals surface area (Å²) in [5.74, 6) is 1.20. The van der Waals surface area contributed by atoms with E-state index in [4.69, 9.17) is 15.2 Å². The third-order valence-electron chi connectivity index (χ3n) is 3.36. The quantitative estimate of drug-likeness (QED) is 0.891. The lowest BCUT2D eigenvalue weighted by Crippen LogP contribution is -2.29. The Bertz CT molecular complexity index is 474. The number of methoxy groups -OCH3 is 1. The lowest BCUT2D eigenvalue weighted by Gasteiger charge is -2.17. The van der Waals surface area contributed by atoms with Crippen molar-refractivity contribution in [3.05, 3.63) is 23.8 Å². The summed E-state index contributed by atoms with van der Waals surface area (Å²) in [5.41, 5.74) is 6.81. The fourth-order valence-corrected chi connectivity index (χ4v) is 2.12. The maximum absolute atomic E-state index is 11.8. The minimum atomic E-state index is -0.417. The summed E-state index contributed by atoms with van der Waals surface area (Å²) in [6.45, 7) is 2.63. The fraction of sp³-hybridized carbons (Fsp3) is 0.500. The van der Waals surface area contributed by atoms with E-state index in [1.165, 1.54) is 0 Å². The standard InChI is InChI=1S/C14H20N2O3/c1-9(15)10-4-5-11(13(8-10)18-3)19-12-6-7-16(2)14(12)17/h4-5,8-9,12H,6-7,15H2,1-3H3/t9-,12?/m1/s1. The zero-order chi connectivity index (χ0) is 14.0. The van der Waals surface area contributed by atoms with E-state index in [1.807, 2.05) is 25.1 Å². The van der Waals surface area contributed by atoms with E-state index in [-0.39, 0.29) is 11.9 Å². The van der Waals surface area contributed by atoms with Crippen LogP contribution in [0.15, 0.2) is 18.2 Å². The number of ether oxygens (including phenoxy) is 2. The molecule has 0 saturated carbocycles. The van der Waals surface area contributed by atoms with Gasteiger partial charge in [0.15, 0.2) is 17.6 Å². The number of hydrogen-bond acceptors (Lipinski definition) is 4. The molecule has 1 aliphatic heterocycles. The zero-order valence-corrected chi connectivity index (χ0v) is 11.6. The highest BCUT2D eigenvalue weighted by Gasteiger charge is 2.31. The molecule has 0 aromatic heterocycles. The van der Waals surface area contributed by atoms with Crippen molar-refractivity contribution in [3.8, 4) is 11.5 Å². The lowest BCUT2D eigenvalue weighted by atomic mass is 10.1. The number of carbonyl (C=O) groups excluding carboxylic acids is 1. The molecule has 5 nitrogen and oxygen atoms in total. The summed E-state index contributed by atoms with van der Waals surface area (Å²) in [5, 5.41) is 0. The Morgan fingerprint density at radius 1 is 1.42 bits per heavy atom. The molecular weight excluding hydrogens is 244 g/mol. The Labute approximate surface area is 113 Å². The highest BCUT2D eigenvalue weighted by atomic mass is 16.5. The molecule has 0 bridgehead atoms. The lowest BCUT2D eigenvalue weighted by molar-refractivity contribution is -0.132. The number of amides is 1. The Morgan fingerprint density at radius 3 is 2.68 bits per heavy atom. The molecule has 1 amide bonds. The predicted molar refractivity (Wildman–Crippen MR) is 72.3 cm³/mol. The first-order valence-electron chi connectivity index (χ1n) is 6.38. The van der Waals surface area contributed by atoms with Crippen molar-refractivity contribution in [2.45, 2.75) is 25.5 Å². The second-order valence-electron chi connectivity index (χ2n) is 4.85. The SMILES string of the molecule is COc1cc([C@@H](C)N)ccc1OC1CCN(C)C1=O. The van der Waals surface area contributed by atoms with Crippen molar-refractivity contribution in [2.75, 3.05) is 20.7 Å². The van der Waals surface area contributed by atoms with E-state index in [0.717, 1.165) is 12.1 Å². The van der Waals surface area contributed by atoms with Gasteiger partial charge >= 0.3 is 0 Å². The highest BCUT2D eigenvalue weighted by molar-refractivity contribution is 5.83. The van der Waals surface area contributed by atoms with Crippen molar-refractivity contribution in [3.63, 3.8) is 0 Å². The molecule has 1 saturated heterocycles. The van der Waals surface area contributed by atoms with Crippen LogP contribution in [0.25, 0.3) is 0 Å². The van der Waals surface area contributed by atoms with E-state index in [1.54, 1.807) is 19.1 Å². The molecule has 1 heterocycles. The number of likely N-dealkylation sites (N-methyl/N-ethyl adjacent to an activating group) is 1. The van der Waals surface area contributed by atoms with Crippen LogP contribution in [0, 0.1) is 0 Å². The minimum absolute atomic E-state index is 0.0123. The van der Waals surface area contributed by atoms with E-state index in [2.05, 4.69) is 0 Å². The molecule has 104 valence electrons. The summed E-state index contributed by atoms with van der Waals surface area (Å²) < 4.78 is 11.1. The first kappa shape index (κ1) is 13.7. The number of nitrogens with zero attached hydrogens (tertiary/aromatic N) is 1. The first-order chi connectivity index (χ1) is 9.02. The van der Waals surface area contributed by atoms with E-state index in [0.29, 0.717) is 17.9 Å². The number of carbonyl (C=O) groups is 1. The topological polar surface area (TPSA) is 64.8 Å². The molecule has 0 spiro atoms. The number of rotatable bonds is 4. The molecule has 5 heteroatoms. The third kappa shape index (κ3) is 2.81. The maximum atomic E-state index is 11.8. The Hall–Kier alpha value is -1.75. The average Bonchev–Trinajstić information content (AvgIpc) is 2.71. The van der Waals surface area contributed by atoms with Crippen LogP contribution in [0.4, 0.5) is 0 Å². The van der Waals surface area contributed by atoms with Crippen LogP contribution in [0.1, 0.15) is 24.9 Å². The van der Waals surface area contributed by atoms with Crippen molar-refractivity contribution >= 4 is 5.91 Å². The van der Waals surface area contributed by atoms with Gasteiger partial charge in [-0.05, 0) is 24.6 Å². The molecule has 19 heavy (non-hydrogen) atoms. The van der Waals surface area contributed by atoms with Gasteiger partial charge in [-0.25, -0.2) is 0 Å². The second-order valence-corrected chi connectivity index (χ2v) is 4.85. The van der Waals surface area contributed by atoms with Crippen molar-refractivity contribution in [1.29, 1.82) is 0 Å². The Kier molecular flexibility index (Phi) is 3.95. The summed E-state index contributed by atoms with van der Waals surface area (Å²) in [7, 11) is 3.36. The monoisotopic (exact) mass is 264 g/mol. The number of hydrogen-bond donors (Lipinski definition) is 1. The van der Waals surface area contributed by atoms with Gasteiger partial charge in [0.1, 0.15) is 0 Å². The number of nitrogens with two attached hydrogens (primary N) is 1. The zero-order valence-electron chi connectivity index (χ0n) is 11.6. The minimum Gasteiger partial charge on any atom is -0.493 e. The molecular formula is C14H20N2O3. The van der Waals surface area contributed by atoms with Crippen LogP contribution >= 0.6 is 0 Å². The molecule has 1 unspecified atom stereocenters. The number of benzene rings is 1. The molecule has 1 aromatic rings. The van der Waals surface area contributed by atoms with E-state index < -0.39 is 6.10 Å². The number of likely N-dealkylation sites (tertiary alicyclic amines) is 1. The molecule has 1 fully saturated rings. The fourth-order valence-electron chi connectivity index (χ4n) is 2.12. The molecule has 2 N–H and O–H groups in total. The Balaban J connectivity index is 2.18. The normalized spacial score (nSPS) is 20.5. The molecule has 0 aliphatic carbocycles. The van der Waals surface area contributed by atoms with E-state index in [9.17, 15) is 4.79 Å². The first-order valence-corrected chi connectivity index (χ1v) is 6.38. The molecule has 2 rings (SSSR count). The van der Waals surface area contributed by atoms with Crippen LogP contribution in [-0.2, 0) is 4.79 Å². The molecule has 1 aromatic carbocycles.